The number of hydrogen-bond acceptors (Lipinski definition) is 5. The number of halogens is 1. The van der Waals surface area contributed by atoms with E-state index >= 15 is 0 Å². The molecule has 1 aliphatic heterocycles. The molecule has 0 bridgehead atoms. The number of Topliss-reactive ketones (excluding diaryl/α,β-unsaturated/α-hetero) is 1. The van der Waals surface area contributed by atoms with Gasteiger partial charge in [-0.15, -0.1) is 22.9 Å². The lowest BCUT2D eigenvalue weighted by Crippen LogP contribution is -2.36. The van der Waals surface area contributed by atoms with Gasteiger partial charge in [0.15, 0.2) is 10.9 Å². The van der Waals surface area contributed by atoms with Crippen LogP contribution in [0.1, 0.15) is 46.7 Å². The zero-order chi connectivity index (χ0) is 16.6. The zero-order valence-corrected chi connectivity index (χ0v) is 14.3. The normalized spacial score (nSPS) is 15.7. The van der Waals surface area contributed by atoms with Crippen molar-refractivity contribution in [3.05, 3.63) is 40.4 Å². The SMILES string of the molecule is CC1(C)CC(=O)c2cc(C(=O)Nc3nc(CCl)cs3)ccc2O1. The molecule has 0 fully saturated rings. The van der Waals surface area contributed by atoms with E-state index in [4.69, 9.17) is 16.3 Å². The minimum atomic E-state index is -0.521. The highest BCUT2D eigenvalue weighted by Crippen LogP contribution is 2.33. The van der Waals surface area contributed by atoms with Gasteiger partial charge in [0.1, 0.15) is 11.4 Å². The molecule has 0 atom stereocenters. The zero-order valence-electron chi connectivity index (χ0n) is 12.7. The fraction of sp³-hybridized carbons (Fsp3) is 0.312. The molecule has 0 aliphatic carbocycles. The Morgan fingerprint density at radius 1 is 1.48 bits per heavy atom. The van der Waals surface area contributed by atoms with Crippen molar-refractivity contribution in [2.24, 2.45) is 0 Å². The first-order valence-electron chi connectivity index (χ1n) is 7.06. The summed E-state index contributed by atoms with van der Waals surface area (Å²) in [5.74, 6) is 0.472. The van der Waals surface area contributed by atoms with Gasteiger partial charge >= 0.3 is 0 Å². The van der Waals surface area contributed by atoms with E-state index in [0.29, 0.717) is 33.6 Å². The standard InChI is InChI=1S/C16H15ClN2O3S/c1-16(2)6-12(20)11-5-9(3-4-13(11)22-16)14(21)19-15-18-10(7-17)8-23-15/h3-5,8H,6-7H2,1-2H3,(H,18,19,21). The van der Waals surface area contributed by atoms with Crippen molar-refractivity contribution < 1.29 is 14.3 Å². The number of aromatic nitrogens is 1. The number of carbonyl (C=O) groups excluding carboxylic acids is 2. The van der Waals surface area contributed by atoms with Crippen LogP contribution in [0.2, 0.25) is 0 Å². The Morgan fingerprint density at radius 2 is 2.26 bits per heavy atom. The predicted octanol–water partition coefficient (Wildman–Crippen LogP) is 3.88. The van der Waals surface area contributed by atoms with Crippen LogP contribution in [-0.4, -0.2) is 22.3 Å². The van der Waals surface area contributed by atoms with Gasteiger partial charge in [-0.3, -0.25) is 14.9 Å². The second-order valence-corrected chi connectivity index (χ2v) is 7.03. The molecule has 0 spiro atoms. The lowest BCUT2D eigenvalue weighted by atomic mass is 9.92. The maximum absolute atomic E-state index is 12.3. The molecule has 0 radical (unpaired) electrons. The van der Waals surface area contributed by atoms with Crippen LogP contribution >= 0.6 is 22.9 Å². The van der Waals surface area contributed by atoms with Crippen LogP contribution in [0.4, 0.5) is 5.13 Å². The van der Waals surface area contributed by atoms with Crippen LogP contribution in [-0.2, 0) is 5.88 Å². The molecule has 2 heterocycles. The highest BCUT2D eigenvalue weighted by Gasteiger charge is 2.32. The number of nitrogens with zero attached hydrogens (tertiary/aromatic N) is 1. The molecule has 5 nitrogen and oxygen atoms in total. The van der Waals surface area contributed by atoms with Gasteiger partial charge in [0, 0.05) is 10.9 Å². The summed E-state index contributed by atoms with van der Waals surface area (Å²) in [5.41, 5.74) is 1.02. The van der Waals surface area contributed by atoms with Gasteiger partial charge in [0.05, 0.1) is 23.6 Å². The number of thiazole rings is 1. The van der Waals surface area contributed by atoms with Crippen molar-refractivity contribution in [1.82, 2.24) is 4.98 Å². The van der Waals surface area contributed by atoms with Crippen LogP contribution in [0.5, 0.6) is 5.75 Å². The van der Waals surface area contributed by atoms with Crippen molar-refractivity contribution >= 4 is 39.8 Å². The van der Waals surface area contributed by atoms with Crippen LogP contribution in [0.3, 0.4) is 0 Å². The number of hydrogen-bond donors (Lipinski definition) is 1. The second-order valence-electron chi connectivity index (χ2n) is 5.90. The number of fused-ring (bicyclic) bond motifs is 1. The maximum Gasteiger partial charge on any atom is 0.257 e. The Labute approximate surface area is 142 Å². The quantitative estimate of drug-likeness (QED) is 0.853. The summed E-state index contributed by atoms with van der Waals surface area (Å²) in [5, 5.41) is 4.97. The molecule has 1 aromatic carbocycles. The summed E-state index contributed by atoms with van der Waals surface area (Å²) in [4.78, 5) is 28.7. The average molecular weight is 351 g/mol. The van der Waals surface area contributed by atoms with E-state index in [-0.39, 0.29) is 18.1 Å². The van der Waals surface area contributed by atoms with Gasteiger partial charge in [-0.25, -0.2) is 4.98 Å². The van der Waals surface area contributed by atoms with E-state index in [2.05, 4.69) is 10.3 Å². The molecule has 0 saturated heterocycles. The highest BCUT2D eigenvalue weighted by atomic mass is 35.5. The summed E-state index contributed by atoms with van der Waals surface area (Å²) in [6.45, 7) is 3.73. The van der Waals surface area contributed by atoms with Crippen molar-refractivity contribution in [2.75, 3.05) is 5.32 Å². The summed E-state index contributed by atoms with van der Waals surface area (Å²) >= 11 is 7.00. The van der Waals surface area contributed by atoms with Crippen molar-refractivity contribution in [3.8, 4) is 5.75 Å². The molecule has 1 amide bonds. The second kappa shape index (κ2) is 5.94. The van der Waals surface area contributed by atoms with Gasteiger partial charge in [-0.1, -0.05) is 0 Å². The Morgan fingerprint density at radius 3 is 2.96 bits per heavy atom. The van der Waals surface area contributed by atoms with Crippen molar-refractivity contribution in [2.45, 2.75) is 31.7 Å². The Balaban J connectivity index is 1.83. The molecule has 1 aromatic heterocycles. The lowest BCUT2D eigenvalue weighted by molar-refractivity contribution is 0.0620. The lowest BCUT2D eigenvalue weighted by Gasteiger charge is -2.31. The van der Waals surface area contributed by atoms with Gasteiger partial charge in [0.2, 0.25) is 0 Å². The number of anilines is 1. The first-order valence-corrected chi connectivity index (χ1v) is 8.47. The summed E-state index contributed by atoms with van der Waals surface area (Å²) < 4.78 is 5.78. The fourth-order valence-corrected chi connectivity index (χ4v) is 3.32. The number of alkyl halides is 1. The number of rotatable bonds is 3. The van der Waals surface area contributed by atoms with Crippen LogP contribution < -0.4 is 10.1 Å². The van der Waals surface area contributed by atoms with E-state index in [1.54, 1.807) is 23.6 Å². The summed E-state index contributed by atoms with van der Waals surface area (Å²) in [6, 6.07) is 4.87. The molecule has 7 heteroatoms. The number of benzene rings is 1. The van der Waals surface area contributed by atoms with E-state index in [0.717, 1.165) is 0 Å². The number of ether oxygens (including phenoxy) is 1. The maximum atomic E-state index is 12.3. The third-order valence-electron chi connectivity index (χ3n) is 3.42. The molecule has 0 saturated carbocycles. The molecule has 2 aromatic rings. The van der Waals surface area contributed by atoms with Gasteiger partial charge in [0.25, 0.3) is 5.91 Å². The predicted molar refractivity (Wildman–Crippen MR) is 89.7 cm³/mol. The van der Waals surface area contributed by atoms with Gasteiger partial charge in [-0.2, -0.15) is 0 Å². The molecule has 120 valence electrons. The minimum Gasteiger partial charge on any atom is -0.487 e. The van der Waals surface area contributed by atoms with E-state index in [1.807, 2.05) is 13.8 Å². The number of carbonyl (C=O) groups is 2. The highest BCUT2D eigenvalue weighted by molar-refractivity contribution is 7.14. The van der Waals surface area contributed by atoms with Gasteiger partial charge < -0.3 is 4.74 Å². The minimum absolute atomic E-state index is 0.0235. The van der Waals surface area contributed by atoms with Crippen molar-refractivity contribution in [1.29, 1.82) is 0 Å². The van der Waals surface area contributed by atoms with Crippen LogP contribution in [0.15, 0.2) is 23.6 Å². The molecule has 1 N–H and O–H groups in total. The Kier molecular flexibility index (Phi) is 4.12. The van der Waals surface area contributed by atoms with E-state index in [9.17, 15) is 9.59 Å². The number of ketones is 1. The first-order chi connectivity index (χ1) is 10.9. The largest absolute Gasteiger partial charge is 0.487 e. The molecular weight excluding hydrogens is 336 g/mol. The number of amides is 1. The molecular formula is C16H15ClN2O3S. The third kappa shape index (κ3) is 3.38. The monoisotopic (exact) mass is 350 g/mol. The topological polar surface area (TPSA) is 68.3 Å². The summed E-state index contributed by atoms with van der Waals surface area (Å²) in [7, 11) is 0. The van der Waals surface area contributed by atoms with Crippen molar-refractivity contribution in [3.63, 3.8) is 0 Å². The molecule has 0 unspecified atom stereocenters. The van der Waals surface area contributed by atoms with Gasteiger partial charge in [-0.05, 0) is 32.0 Å². The first kappa shape index (κ1) is 16.0. The molecule has 1 aliphatic rings. The Bertz CT molecular complexity index is 785. The third-order valence-corrected chi connectivity index (χ3v) is 4.50. The fourth-order valence-electron chi connectivity index (χ4n) is 2.39. The summed E-state index contributed by atoms with van der Waals surface area (Å²) in [6.07, 6.45) is 0.288. The van der Waals surface area contributed by atoms with Crippen LogP contribution in [0.25, 0.3) is 0 Å². The number of nitrogens with one attached hydrogen (secondary N) is 1. The van der Waals surface area contributed by atoms with E-state index in [1.165, 1.54) is 11.3 Å². The smallest absolute Gasteiger partial charge is 0.257 e. The Hall–Kier alpha value is -1.92. The van der Waals surface area contributed by atoms with E-state index < -0.39 is 5.60 Å². The molecule has 23 heavy (non-hydrogen) atoms. The van der Waals surface area contributed by atoms with Crippen LogP contribution in [0, 0.1) is 0 Å². The molecule has 3 rings (SSSR count). The average Bonchev–Trinajstić information content (AvgIpc) is 2.93.